The largest absolute Gasteiger partial charge is 0.359 e. The Balaban J connectivity index is 2.43. The molecule has 1 aliphatic rings. The third-order valence-electron chi connectivity index (χ3n) is 1.35. The van der Waals surface area contributed by atoms with Gasteiger partial charge >= 0.3 is 6.03 Å². The fraction of sp³-hybridized carbons (Fsp3) is 0.750. The van der Waals surface area contributed by atoms with Gasteiger partial charge in [0.05, 0.1) is 6.54 Å². The Labute approximate surface area is 58.1 Å². The molecule has 6 heteroatoms. The van der Waals surface area contributed by atoms with Crippen LogP contribution in [0, 0.1) is 0 Å². The summed E-state index contributed by atoms with van der Waals surface area (Å²) in [5.41, 5.74) is 6.99. The fourth-order valence-electron chi connectivity index (χ4n) is 0.908. The molecule has 6 nitrogen and oxygen atoms in total. The van der Waals surface area contributed by atoms with E-state index in [1.807, 2.05) is 0 Å². The number of hydroxylamine groups is 2. The molecule has 2 amide bonds. The SMILES string of the molecule is NC(=O)N[N+]1(O)CCNC1. The zero-order chi connectivity index (χ0) is 7.61. The van der Waals surface area contributed by atoms with E-state index in [1.54, 1.807) is 0 Å². The highest BCUT2D eigenvalue weighted by Crippen LogP contribution is 1.97. The van der Waals surface area contributed by atoms with E-state index in [0.29, 0.717) is 19.8 Å². The minimum absolute atomic E-state index is 0.308. The normalized spacial score (nSPS) is 32.1. The number of rotatable bonds is 1. The topological polar surface area (TPSA) is 87.4 Å². The van der Waals surface area contributed by atoms with Gasteiger partial charge in [0, 0.05) is 0 Å². The molecule has 1 fully saturated rings. The van der Waals surface area contributed by atoms with Crippen molar-refractivity contribution in [1.82, 2.24) is 10.7 Å². The second-order valence-electron chi connectivity index (χ2n) is 2.28. The van der Waals surface area contributed by atoms with Crippen LogP contribution in [0.15, 0.2) is 0 Å². The fourth-order valence-corrected chi connectivity index (χ4v) is 0.908. The highest BCUT2D eigenvalue weighted by atomic mass is 16.6. The average Bonchev–Trinajstić information content (AvgIpc) is 2.12. The third kappa shape index (κ3) is 1.56. The number of primary amides is 1. The van der Waals surface area contributed by atoms with Crippen LogP contribution in [-0.4, -0.2) is 35.8 Å². The molecule has 0 bridgehead atoms. The molecule has 0 spiro atoms. The standard InChI is InChI=1S/C4H10N4O2/c5-4(9)7-8(10)2-1-6-3-8/h6,10H,1-3H2,(H2-,5,7,9)/p+1. The summed E-state index contributed by atoms with van der Waals surface area (Å²) in [7, 11) is 0. The lowest BCUT2D eigenvalue weighted by molar-refractivity contribution is -1.12. The zero-order valence-electron chi connectivity index (χ0n) is 5.50. The highest BCUT2D eigenvalue weighted by molar-refractivity contribution is 5.70. The lowest BCUT2D eigenvalue weighted by atomic mass is 10.7. The molecular weight excluding hydrogens is 136 g/mol. The first-order chi connectivity index (χ1) is 4.62. The maximum atomic E-state index is 10.3. The maximum Gasteiger partial charge on any atom is 0.359 e. The molecule has 1 aliphatic heterocycles. The van der Waals surface area contributed by atoms with Crippen LogP contribution in [0.3, 0.4) is 0 Å². The first-order valence-corrected chi connectivity index (χ1v) is 3.01. The first kappa shape index (κ1) is 7.26. The molecule has 0 aromatic rings. The van der Waals surface area contributed by atoms with Gasteiger partial charge < -0.3 is 5.73 Å². The molecule has 0 radical (unpaired) electrons. The molecule has 1 saturated heterocycles. The molecule has 10 heavy (non-hydrogen) atoms. The number of nitrogens with two attached hydrogens (primary N) is 1. The van der Waals surface area contributed by atoms with E-state index in [0.717, 1.165) is 0 Å². The lowest BCUT2D eigenvalue weighted by Gasteiger charge is -2.21. The molecule has 0 aromatic carbocycles. The van der Waals surface area contributed by atoms with Crippen molar-refractivity contribution in [3.8, 4) is 0 Å². The van der Waals surface area contributed by atoms with E-state index < -0.39 is 10.8 Å². The summed E-state index contributed by atoms with van der Waals surface area (Å²) >= 11 is 0. The monoisotopic (exact) mass is 147 g/mol. The minimum Gasteiger partial charge on any atom is -0.348 e. The van der Waals surface area contributed by atoms with Crippen molar-refractivity contribution in [3.63, 3.8) is 0 Å². The number of carbonyl (C=O) groups excluding carboxylic acids is 1. The summed E-state index contributed by atoms with van der Waals surface area (Å²) < 4.78 is -0.505. The molecule has 1 heterocycles. The summed E-state index contributed by atoms with van der Waals surface area (Å²) in [5, 5.41) is 12.2. The van der Waals surface area contributed by atoms with Crippen LogP contribution in [0.2, 0.25) is 0 Å². The predicted molar refractivity (Wildman–Crippen MR) is 32.5 cm³/mol. The van der Waals surface area contributed by atoms with Crippen molar-refractivity contribution in [3.05, 3.63) is 0 Å². The third-order valence-corrected chi connectivity index (χ3v) is 1.35. The number of nitrogens with zero attached hydrogens (tertiary/aromatic N) is 1. The van der Waals surface area contributed by atoms with Gasteiger partial charge in [-0.25, -0.2) is 4.79 Å². The number of quaternary nitrogens is 1. The van der Waals surface area contributed by atoms with E-state index in [9.17, 15) is 10.0 Å². The van der Waals surface area contributed by atoms with Crippen molar-refractivity contribution < 1.29 is 14.8 Å². The van der Waals surface area contributed by atoms with Gasteiger partial charge in [-0.05, 0) is 0 Å². The molecule has 5 N–H and O–H groups in total. The van der Waals surface area contributed by atoms with E-state index in [4.69, 9.17) is 5.73 Å². The quantitative estimate of drug-likeness (QED) is 0.335. The van der Waals surface area contributed by atoms with Gasteiger partial charge in [-0.3, -0.25) is 5.32 Å². The first-order valence-electron chi connectivity index (χ1n) is 3.01. The average molecular weight is 147 g/mol. The number of hydrogen-bond donors (Lipinski definition) is 4. The number of nitrogens with one attached hydrogen (secondary N) is 2. The zero-order valence-corrected chi connectivity index (χ0v) is 5.50. The van der Waals surface area contributed by atoms with Gasteiger partial charge in [-0.2, -0.15) is 5.21 Å². The number of urea groups is 1. The van der Waals surface area contributed by atoms with Gasteiger partial charge in [0.15, 0.2) is 6.67 Å². The lowest BCUT2D eigenvalue weighted by Crippen LogP contribution is -2.58. The van der Waals surface area contributed by atoms with Crippen LogP contribution in [0.1, 0.15) is 0 Å². The van der Waals surface area contributed by atoms with E-state index in [2.05, 4.69) is 10.7 Å². The molecule has 1 unspecified atom stereocenters. The predicted octanol–water partition coefficient (Wildman–Crippen LogP) is -1.66. The Morgan fingerprint density at radius 1 is 1.80 bits per heavy atom. The Morgan fingerprint density at radius 3 is 2.90 bits per heavy atom. The minimum atomic E-state index is -0.716. The summed E-state index contributed by atoms with van der Waals surface area (Å²) in [5.74, 6) is 0. The van der Waals surface area contributed by atoms with Crippen LogP contribution in [0.5, 0.6) is 0 Å². The summed E-state index contributed by atoms with van der Waals surface area (Å²) in [6, 6.07) is -0.716. The van der Waals surface area contributed by atoms with Crippen LogP contribution in [0.25, 0.3) is 0 Å². The Morgan fingerprint density at radius 2 is 2.50 bits per heavy atom. The van der Waals surface area contributed by atoms with Gasteiger partial charge in [0.2, 0.25) is 0 Å². The van der Waals surface area contributed by atoms with Gasteiger partial charge in [0.1, 0.15) is 6.54 Å². The summed E-state index contributed by atoms with van der Waals surface area (Å²) in [4.78, 5) is 10.3. The van der Waals surface area contributed by atoms with E-state index in [1.165, 1.54) is 0 Å². The maximum absolute atomic E-state index is 10.3. The van der Waals surface area contributed by atoms with Crippen LogP contribution in [-0.2, 0) is 0 Å². The Bertz CT molecular complexity index is 142. The Kier molecular flexibility index (Phi) is 1.75. The molecular formula is C4H11N4O2+. The molecule has 0 aromatic heterocycles. The van der Waals surface area contributed by atoms with Crippen LogP contribution in [0.4, 0.5) is 4.79 Å². The second-order valence-corrected chi connectivity index (χ2v) is 2.28. The van der Waals surface area contributed by atoms with Crippen molar-refractivity contribution in [2.45, 2.75) is 0 Å². The van der Waals surface area contributed by atoms with E-state index in [-0.39, 0.29) is 0 Å². The van der Waals surface area contributed by atoms with Gasteiger partial charge in [-0.1, -0.05) is 4.76 Å². The molecule has 1 rings (SSSR count). The van der Waals surface area contributed by atoms with Gasteiger partial charge in [-0.15, -0.1) is 5.43 Å². The van der Waals surface area contributed by atoms with Gasteiger partial charge in [0.25, 0.3) is 0 Å². The summed E-state index contributed by atoms with van der Waals surface area (Å²) in [6.45, 7) is 1.43. The van der Waals surface area contributed by atoms with Crippen molar-refractivity contribution in [2.24, 2.45) is 5.73 Å². The number of carbonyl (C=O) groups is 1. The highest BCUT2D eigenvalue weighted by Gasteiger charge is 2.31. The van der Waals surface area contributed by atoms with Crippen LogP contribution >= 0.6 is 0 Å². The Hall–Kier alpha value is -0.850. The summed E-state index contributed by atoms with van der Waals surface area (Å²) in [6.07, 6.45) is 0. The van der Waals surface area contributed by atoms with Crippen molar-refractivity contribution >= 4 is 6.03 Å². The smallest absolute Gasteiger partial charge is 0.348 e. The molecule has 0 saturated carbocycles. The van der Waals surface area contributed by atoms with Crippen molar-refractivity contribution in [2.75, 3.05) is 19.8 Å². The van der Waals surface area contributed by atoms with E-state index >= 15 is 0 Å². The number of amides is 2. The second kappa shape index (κ2) is 2.41. The molecule has 1 atom stereocenters. The van der Waals surface area contributed by atoms with Crippen molar-refractivity contribution in [1.29, 1.82) is 0 Å². The van der Waals surface area contributed by atoms with Crippen LogP contribution < -0.4 is 16.5 Å². The molecule has 0 aliphatic carbocycles. The molecule has 58 valence electrons. The number of hydrogen-bond acceptors (Lipinski definition) is 3.